The van der Waals surface area contributed by atoms with Gasteiger partial charge in [0.1, 0.15) is 6.33 Å². The van der Waals surface area contributed by atoms with Gasteiger partial charge in [0.2, 0.25) is 17.6 Å². The van der Waals surface area contributed by atoms with Crippen molar-refractivity contribution < 1.29 is 9.26 Å². The zero-order valence-electron chi connectivity index (χ0n) is 13.3. The Balaban J connectivity index is 1.50. The van der Waals surface area contributed by atoms with Gasteiger partial charge in [0.15, 0.2) is 0 Å². The average molecular weight is 323 g/mol. The van der Waals surface area contributed by atoms with E-state index in [-0.39, 0.29) is 0 Å². The van der Waals surface area contributed by atoms with E-state index >= 15 is 0 Å². The lowest BCUT2D eigenvalue weighted by Crippen LogP contribution is -2.31. The maximum absolute atomic E-state index is 5.40. The largest absolute Gasteiger partial charge is 0.481 e. The second-order valence-corrected chi connectivity index (χ2v) is 5.65. The van der Waals surface area contributed by atoms with E-state index in [0.29, 0.717) is 30.7 Å². The van der Waals surface area contributed by atoms with Gasteiger partial charge in [-0.3, -0.25) is 4.90 Å². The van der Waals surface area contributed by atoms with E-state index in [0.717, 1.165) is 29.8 Å². The molecule has 0 saturated carbocycles. The normalized spacial score (nSPS) is 14.4. The topological polar surface area (TPSA) is 77.2 Å². The van der Waals surface area contributed by atoms with Crippen LogP contribution >= 0.6 is 0 Å². The summed E-state index contributed by atoms with van der Waals surface area (Å²) in [5.74, 6) is 1.86. The highest BCUT2D eigenvalue weighted by Gasteiger charge is 2.23. The summed E-state index contributed by atoms with van der Waals surface area (Å²) < 4.78 is 10.7. The summed E-state index contributed by atoms with van der Waals surface area (Å²) >= 11 is 0. The zero-order chi connectivity index (χ0) is 16.4. The molecule has 1 aliphatic heterocycles. The summed E-state index contributed by atoms with van der Waals surface area (Å²) in [5.41, 5.74) is 3.04. The van der Waals surface area contributed by atoms with E-state index in [2.05, 4.69) is 25.0 Å². The minimum absolute atomic E-state index is 0.595. The molecule has 0 unspecified atom stereocenters. The molecule has 3 aromatic rings. The van der Waals surface area contributed by atoms with E-state index in [9.17, 15) is 0 Å². The van der Waals surface area contributed by atoms with Crippen molar-refractivity contribution in [3.63, 3.8) is 0 Å². The van der Waals surface area contributed by atoms with E-state index in [4.69, 9.17) is 9.26 Å². The zero-order valence-corrected chi connectivity index (χ0v) is 13.3. The fourth-order valence-corrected chi connectivity index (χ4v) is 2.90. The summed E-state index contributed by atoms with van der Waals surface area (Å²) in [6.45, 7) is 2.19. The molecule has 0 radical (unpaired) electrons. The van der Waals surface area contributed by atoms with Crippen LogP contribution in [0.3, 0.4) is 0 Å². The number of ether oxygens (including phenoxy) is 1. The van der Waals surface area contributed by atoms with Gasteiger partial charge in [0, 0.05) is 30.6 Å². The number of aromatic nitrogens is 4. The lowest BCUT2D eigenvalue weighted by molar-refractivity contribution is 0.204. The van der Waals surface area contributed by atoms with E-state index < -0.39 is 0 Å². The molecule has 0 fully saturated rings. The molecular weight excluding hydrogens is 306 g/mol. The number of nitrogens with zero attached hydrogens (tertiary/aromatic N) is 5. The standard InChI is InChI=1S/C17H17N5O2/c1-23-17-13-9-22(8-7-14(13)18-11-19-17)10-15-20-16(21-24-15)12-5-3-2-4-6-12/h2-6,11H,7-10H2,1H3. The van der Waals surface area contributed by atoms with Crippen LogP contribution in [-0.2, 0) is 19.5 Å². The Morgan fingerprint density at radius 3 is 2.92 bits per heavy atom. The predicted octanol–water partition coefficient (Wildman–Crippen LogP) is 2.09. The molecule has 1 aromatic carbocycles. The molecule has 4 rings (SSSR count). The smallest absolute Gasteiger partial charge is 0.241 e. The van der Waals surface area contributed by atoms with E-state index in [1.54, 1.807) is 13.4 Å². The number of rotatable bonds is 4. The van der Waals surface area contributed by atoms with E-state index in [1.807, 2.05) is 30.3 Å². The summed E-state index contributed by atoms with van der Waals surface area (Å²) in [7, 11) is 1.63. The molecule has 0 amide bonds. The third-order valence-electron chi connectivity index (χ3n) is 4.09. The SMILES string of the molecule is COc1ncnc2c1CN(Cc1nc(-c3ccccc3)no1)CC2. The fourth-order valence-electron chi connectivity index (χ4n) is 2.90. The van der Waals surface area contributed by atoms with Crippen molar-refractivity contribution in [3.05, 3.63) is 53.8 Å². The van der Waals surface area contributed by atoms with Crippen molar-refractivity contribution in [3.8, 4) is 17.3 Å². The van der Waals surface area contributed by atoms with Gasteiger partial charge >= 0.3 is 0 Å². The van der Waals surface area contributed by atoms with Crippen LogP contribution in [0.5, 0.6) is 5.88 Å². The van der Waals surface area contributed by atoms with Crippen LogP contribution in [0.25, 0.3) is 11.4 Å². The Labute approximate surface area is 139 Å². The Hall–Kier alpha value is -2.80. The first-order chi connectivity index (χ1) is 11.8. The van der Waals surface area contributed by atoms with Gasteiger partial charge < -0.3 is 9.26 Å². The summed E-state index contributed by atoms with van der Waals surface area (Å²) in [6.07, 6.45) is 2.41. The first-order valence-electron chi connectivity index (χ1n) is 7.80. The van der Waals surface area contributed by atoms with Gasteiger partial charge in [0.25, 0.3) is 0 Å². The third-order valence-corrected chi connectivity index (χ3v) is 4.09. The van der Waals surface area contributed by atoms with Crippen molar-refractivity contribution >= 4 is 0 Å². The monoisotopic (exact) mass is 323 g/mol. The van der Waals surface area contributed by atoms with Crippen LogP contribution in [0.15, 0.2) is 41.2 Å². The highest BCUT2D eigenvalue weighted by atomic mass is 16.5. The Morgan fingerprint density at radius 1 is 1.21 bits per heavy atom. The lowest BCUT2D eigenvalue weighted by Gasteiger charge is -2.27. The van der Waals surface area contributed by atoms with Gasteiger partial charge in [-0.2, -0.15) is 4.98 Å². The molecule has 122 valence electrons. The van der Waals surface area contributed by atoms with Crippen LogP contribution in [-0.4, -0.2) is 38.7 Å². The molecule has 0 aliphatic carbocycles. The highest BCUT2D eigenvalue weighted by Crippen LogP contribution is 2.25. The number of methoxy groups -OCH3 is 1. The molecule has 0 atom stereocenters. The number of hydrogen-bond acceptors (Lipinski definition) is 7. The van der Waals surface area contributed by atoms with Crippen LogP contribution in [0.2, 0.25) is 0 Å². The molecule has 0 spiro atoms. The molecule has 7 nitrogen and oxygen atoms in total. The van der Waals surface area contributed by atoms with Crippen LogP contribution in [0.1, 0.15) is 17.1 Å². The first-order valence-corrected chi connectivity index (χ1v) is 7.80. The fraction of sp³-hybridized carbons (Fsp3) is 0.294. The highest BCUT2D eigenvalue weighted by molar-refractivity contribution is 5.53. The Kier molecular flexibility index (Phi) is 3.92. The second-order valence-electron chi connectivity index (χ2n) is 5.65. The summed E-state index contributed by atoms with van der Waals surface area (Å²) in [6, 6.07) is 9.81. The lowest BCUT2D eigenvalue weighted by atomic mass is 10.1. The van der Waals surface area contributed by atoms with Crippen molar-refractivity contribution in [1.82, 2.24) is 25.0 Å². The average Bonchev–Trinajstić information content (AvgIpc) is 3.10. The predicted molar refractivity (Wildman–Crippen MR) is 86.1 cm³/mol. The Bertz CT molecular complexity index is 820. The maximum atomic E-state index is 5.40. The number of hydrogen-bond donors (Lipinski definition) is 0. The first kappa shape index (κ1) is 14.8. The molecule has 24 heavy (non-hydrogen) atoms. The molecule has 3 heterocycles. The number of benzene rings is 1. The van der Waals surface area contributed by atoms with Crippen LogP contribution in [0.4, 0.5) is 0 Å². The van der Waals surface area contributed by atoms with Gasteiger partial charge in [-0.1, -0.05) is 35.5 Å². The van der Waals surface area contributed by atoms with E-state index in [1.165, 1.54) is 0 Å². The van der Waals surface area contributed by atoms with Gasteiger partial charge in [0.05, 0.1) is 19.3 Å². The maximum Gasteiger partial charge on any atom is 0.241 e. The van der Waals surface area contributed by atoms with Gasteiger partial charge in [-0.25, -0.2) is 9.97 Å². The second kappa shape index (κ2) is 6.37. The van der Waals surface area contributed by atoms with Crippen molar-refractivity contribution in [2.24, 2.45) is 0 Å². The minimum atomic E-state index is 0.595. The van der Waals surface area contributed by atoms with Crippen molar-refractivity contribution in [2.75, 3.05) is 13.7 Å². The molecule has 0 N–H and O–H groups in total. The molecule has 0 saturated heterocycles. The quantitative estimate of drug-likeness (QED) is 0.727. The summed E-state index contributed by atoms with van der Waals surface area (Å²) in [5, 5.41) is 4.07. The minimum Gasteiger partial charge on any atom is -0.481 e. The van der Waals surface area contributed by atoms with Gasteiger partial charge in [-0.05, 0) is 0 Å². The molecular formula is C17H17N5O2. The Morgan fingerprint density at radius 2 is 2.08 bits per heavy atom. The molecule has 0 bridgehead atoms. The van der Waals surface area contributed by atoms with Crippen molar-refractivity contribution in [1.29, 1.82) is 0 Å². The van der Waals surface area contributed by atoms with Crippen LogP contribution < -0.4 is 4.74 Å². The molecule has 2 aromatic heterocycles. The van der Waals surface area contributed by atoms with Crippen LogP contribution in [0, 0.1) is 0 Å². The molecule has 1 aliphatic rings. The van der Waals surface area contributed by atoms with Crippen molar-refractivity contribution in [2.45, 2.75) is 19.5 Å². The number of fused-ring (bicyclic) bond motifs is 1. The molecule has 7 heteroatoms. The van der Waals surface area contributed by atoms with Gasteiger partial charge in [-0.15, -0.1) is 0 Å². The third kappa shape index (κ3) is 2.85. The summed E-state index contributed by atoms with van der Waals surface area (Å²) in [4.78, 5) is 15.3.